The number of rotatable bonds is 9. The van der Waals surface area contributed by atoms with Crippen LogP contribution in [0.15, 0.2) is 77.2 Å². The number of ether oxygens (including phenoxy) is 3. The zero-order valence-electron chi connectivity index (χ0n) is 22.7. The van der Waals surface area contributed by atoms with E-state index in [0.717, 1.165) is 58.7 Å². The third kappa shape index (κ3) is 4.61. The number of hydroxylamine groups is 1. The molecule has 4 aromatic rings. The van der Waals surface area contributed by atoms with Crippen molar-refractivity contribution in [3.8, 4) is 17.2 Å². The third-order valence-corrected chi connectivity index (χ3v) is 7.11. The lowest BCUT2D eigenvalue weighted by Crippen LogP contribution is -2.37. The van der Waals surface area contributed by atoms with Crippen molar-refractivity contribution in [3.05, 3.63) is 107 Å². The molecule has 0 N–H and O–H groups in total. The Labute approximate surface area is 224 Å². The number of aryl methyl sites for hydroxylation is 2. The molecule has 0 spiro atoms. The fourth-order valence-corrected chi connectivity index (χ4v) is 5.33. The second-order valence-corrected chi connectivity index (χ2v) is 9.43. The standard InChI is InChI=1S/C32H35NO5/c1-6-7-18-25-29-28(21(2)37-25)31(22-14-10-8-11-15-22)38-33(24-16-12-9-13-17-24)30(29)23-19-26(34-3)32(36-5)27(20-23)35-4/h8-17,19-20,30-31H,6-7,18H2,1-5H3/t30-,31+/m1/s1. The lowest BCUT2D eigenvalue weighted by Gasteiger charge is -2.41. The maximum absolute atomic E-state index is 6.91. The molecule has 3 aromatic carbocycles. The molecule has 2 atom stereocenters. The molecule has 0 radical (unpaired) electrons. The van der Waals surface area contributed by atoms with Crippen molar-refractivity contribution in [3.63, 3.8) is 0 Å². The van der Waals surface area contributed by atoms with Gasteiger partial charge in [0.2, 0.25) is 5.75 Å². The molecule has 6 nitrogen and oxygen atoms in total. The van der Waals surface area contributed by atoms with Crippen molar-refractivity contribution >= 4 is 5.69 Å². The van der Waals surface area contributed by atoms with Crippen LogP contribution in [0.25, 0.3) is 0 Å². The van der Waals surface area contributed by atoms with Crippen molar-refractivity contribution in [1.29, 1.82) is 0 Å². The molecular formula is C32H35NO5. The summed E-state index contributed by atoms with van der Waals surface area (Å²) in [5.41, 5.74) is 5.18. The van der Waals surface area contributed by atoms with E-state index in [4.69, 9.17) is 23.5 Å². The number of methoxy groups -OCH3 is 3. The van der Waals surface area contributed by atoms with Crippen LogP contribution in [-0.4, -0.2) is 21.3 Å². The van der Waals surface area contributed by atoms with Gasteiger partial charge < -0.3 is 18.6 Å². The molecule has 1 aromatic heterocycles. The molecule has 0 saturated carbocycles. The number of hydrogen-bond donors (Lipinski definition) is 0. The smallest absolute Gasteiger partial charge is 0.203 e. The van der Waals surface area contributed by atoms with Gasteiger partial charge in [-0.25, -0.2) is 5.06 Å². The summed E-state index contributed by atoms with van der Waals surface area (Å²) < 4.78 is 23.6. The molecule has 0 fully saturated rings. The number of nitrogens with zero attached hydrogens (tertiary/aromatic N) is 1. The van der Waals surface area contributed by atoms with E-state index in [9.17, 15) is 0 Å². The quantitative estimate of drug-likeness (QED) is 0.230. The molecule has 2 heterocycles. The Balaban J connectivity index is 1.80. The Morgan fingerprint density at radius 3 is 2.00 bits per heavy atom. The van der Waals surface area contributed by atoms with Gasteiger partial charge in [0.15, 0.2) is 11.5 Å². The fraction of sp³-hybridized carbons (Fsp3) is 0.312. The Hall–Kier alpha value is -3.90. The first-order valence-corrected chi connectivity index (χ1v) is 13.1. The summed E-state index contributed by atoms with van der Waals surface area (Å²) in [6.07, 6.45) is 2.63. The Morgan fingerprint density at radius 1 is 0.789 bits per heavy atom. The van der Waals surface area contributed by atoms with E-state index in [-0.39, 0.29) is 12.1 Å². The molecule has 0 unspecified atom stereocenters. The van der Waals surface area contributed by atoms with E-state index in [0.29, 0.717) is 17.2 Å². The molecule has 0 bridgehead atoms. The highest BCUT2D eigenvalue weighted by Crippen LogP contribution is 2.51. The molecule has 0 saturated heterocycles. The summed E-state index contributed by atoms with van der Waals surface area (Å²) in [5.74, 6) is 3.61. The Kier molecular flexibility index (Phi) is 7.61. The van der Waals surface area contributed by atoms with Crippen LogP contribution in [0.4, 0.5) is 5.69 Å². The van der Waals surface area contributed by atoms with Crippen LogP contribution in [0.1, 0.15) is 65.7 Å². The highest BCUT2D eigenvalue weighted by Gasteiger charge is 2.42. The predicted molar refractivity (Wildman–Crippen MR) is 148 cm³/mol. The first-order valence-electron chi connectivity index (χ1n) is 13.1. The van der Waals surface area contributed by atoms with Crippen LogP contribution in [-0.2, 0) is 11.3 Å². The van der Waals surface area contributed by atoms with Crippen molar-refractivity contribution in [2.24, 2.45) is 0 Å². The Bertz CT molecular complexity index is 1340. The van der Waals surface area contributed by atoms with Gasteiger partial charge in [0.25, 0.3) is 0 Å². The highest BCUT2D eigenvalue weighted by atomic mass is 16.7. The lowest BCUT2D eigenvalue weighted by atomic mass is 9.87. The SMILES string of the molecule is CCCCc1oc(C)c2c1[C@@H](c1cc(OC)c(OC)c(OC)c1)N(c1ccccc1)O[C@H]2c1ccccc1. The van der Waals surface area contributed by atoms with Crippen molar-refractivity contribution < 1.29 is 23.5 Å². The van der Waals surface area contributed by atoms with Gasteiger partial charge in [0.05, 0.1) is 27.0 Å². The second kappa shape index (κ2) is 11.2. The van der Waals surface area contributed by atoms with E-state index in [2.05, 4.69) is 31.2 Å². The van der Waals surface area contributed by atoms with Crippen LogP contribution in [0.2, 0.25) is 0 Å². The normalized spacial score (nSPS) is 16.7. The summed E-state index contributed by atoms with van der Waals surface area (Å²) >= 11 is 0. The van der Waals surface area contributed by atoms with E-state index in [1.807, 2.05) is 60.5 Å². The molecule has 1 aliphatic rings. The molecule has 198 valence electrons. The van der Waals surface area contributed by atoms with Gasteiger partial charge in [-0.15, -0.1) is 0 Å². The first kappa shape index (κ1) is 25.7. The number of para-hydroxylation sites is 1. The van der Waals surface area contributed by atoms with Gasteiger partial charge >= 0.3 is 0 Å². The molecule has 1 aliphatic heterocycles. The van der Waals surface area contributed by atoms with Crippen LogP contribution in [0.3, 0.4) is 0 Å². The van der Waals surface area contributed by atoms with Gasteiger partial charge in [-0.05, 0) is 48.7 Å². The minimum atomic E-state index is -0.316. The minimum Gasteiger partial charge on any atom is -0.493 e. The maximum atomic E-state index is 6.91. The molecule has 6 heteroatoms. The third-order valence-electron chi connectivity index (χ3n) is 7.11. The zero-order valence-corrected chi connectivity index (χ0v) is 22.7. The monoisotopic (exact) mass is 513 g/mol. The number of unbranched alkanes of at least 4 members (excludes halogenated alkanes) is 1. The highest BCUT2D eigenvalue weighted by molar-refractivity contribution is 5.61. The largest absolute Gasteiger partial charge is 0.493 e. The first-order chi connectivity index (χ1) is 18.6. The summed E-state index contributed by atoms with van der Waals surface area (Å²) in [6.45, 7) is 4.24. The number of hydrogen-bond acceptors (Lipinski definition) is 6. The van der Waals surface area contributed by atoms with Gasteiger partial charge in [0.1, 0.15) is 23.7 Å². The second-order valence-electron chi connectivity index (χ2n) is 9.43. The van der Waals surface area contributed by atoms with Gasteiger partial charge in [-0.1, -0.05) is 61.9 Å². The molecule has 0 amide bonds. The molecule has 5 rings (SSSR count). The fourth-order valence-electron chi connectivity index (χ4n) is 5.33. The number of anilines is 1. The van der Waals surface area contributed by atoms with Crippen molar-refractivity contribution in [1.82, 2.24) is 0 Å². The zero-order chi connectivity index (χ0) is 26.6. The van der Waals surface area contributed by atoms with Crippen molar-refractivity contribution in [2.75, 3.05) is 26.4 Å². The van der Waals surface area contributed by atoms with E-state index < -0.39 is 0 Å². The maximum Gasteiger partial charge on any atom is 0.203 e. The van der Waals surface area contributed by atoms with Crippen LogP contribution in [0, 0.1) is 6.92 Å². The number of benzene rings is 3. The minimum absolute atomic E-state index is 0.301. The summed E-state index contributed by atoms with van der Waals surface area (Å²) in [5, 5.41) is 2.01. The van der Waals surface area contributed by atoms with Gasteiger partial charge in [-0.2, -0.15) is 0 Å². The van der Waals surface area contributed by atoms with Crippen molar-refractivity contribution in [2.45, 2.75) is 45.3 Å². The summed E-state index contributed by atoms with van der Waals surface area (Å²) in [7, 11) is 4.89. The summed E-state index contributed by atoms with van der Waals surface area (Å²) in [6, 6.07) is 24.2. The molecule has 38 heavy (non-hydrogen) atoms. The van der Waals surface area contributed by atoms with Crippen LogP contribution < -0.4 is 19.3 Å². The molecular weight excluding hydrogens is 478 g/mol. The van der Waals surface area contributed by atoms with Gasteiger partial charge in [0, 0.05) is 17.5 Å². The van der Waals surface area contributed by atoms with Crippen LogP contribution in [0.5, 0.6) is 17.2 Å². The van der Waals surface area contributed by atoms with Crippen LogP contribution >= 0.6 is 0 Å². The number of fused-ring (bicyclic) bond motifs is 1. The van der Waals surface area contributed by atoms with E-state index in [1.165, 1.54) is 0 Å². The number of furan rings is 1. The topological polar surface area (TPSA) is 53.3 Å². The summed E-state index contributed by atoms with van der Waals surface area (Å²) in [4.78, 5) is 6.91. The Morgan fingerprint density at radius 2 is 1.42 bits per heavy atom. The average Bonchev–Trinajstić information content (AvgIpc) is 3.30. The molecule has 0 aliphatic carbocycles. The van der Waals surface area contributed by atoms with E-state index >= 15 is 0 Å². The average molecular weight is 514 g/mol. The predicted octanol–water partition coefficient (Wildman–Crippen LogP) is 7.59. The van der Waals surface area contributed by atoms with E-state index in [1.54, 1.807) is 21.3 Å². The van der Waals surface area contributed by atoms with Gasteiger partial charge in [-0.3, -0.25) is 4.84 Å². The lowest BCUT2D eigenvalue weighted by molar-refractivity contribution is 0.0303.